The summed E-state index contributed by atoms with van der Waals surface area (Å²) in [5.74, 6) is -1.62. The molecule has 5 nitrogen and oxygen atoms in total. The number of hydrogen-bond donors (Lipinski definition) is 2. The van der Waals surface area contributed by atoms with Crippen molar-refractivity contribution >= 4 is 22.6 Å². The smallest absolute Gasteiger partial charge is 0.378 e. The van der Waals surface area contributed by atoms with Crippen molar-refractivity contribution in [2.24, 2.45) is 0 Å². The summed E-state index contributed by atoms with van der Waals surface area (Å²) in [6.45, 7) is 0. The zero-order valence-corrected chi connectivity index (χ0v) is 14.1. The maximum Gasteiger partial charge on any atom is 0.449 e. The van der Waals surface area contributed by atoms with Gasteiger partial charge in [0, 0.05) is 25.3 Å². The SMILES string of the molecule is CN(C)c1ccc(-c2nc3ccccc3n(C(=N)C(F)(F)F)c2=N)cc1. The third-order valence-corrected chi connectivity index (χ3v) is 3.95. The fourth-order valence-corrected chi connectivity index (χ4v) is 2.63. The molecular formula is C18H16F3N5. The fraction of sp³-hybridized carbons (Fsp3) is 0.167. The molecule has 0 spiro atoms. The van der Waals surface area contributed by atoms with Gasteiger partial charge in [-0.15, -0.1) is 0 Å². The number of halogens is 3. The molecule has 0 aliphatic carbocycles. The van der Waals surface area contributed by atoms with Gasteiger partial charge >= 0.3 is 6.18 Å². The standard InChI is InChI=1S/C18H16F3N5/c1-25(2)12-9-7-11(8-10-12)15-16(22)26(17(23)18(19,20)21)14-6-4-3-5-13(14)24-15/h3-10,22-23H,1-2H3. The molecule has 0 amide bonds. The lowest BCUT2D eigenvalue weighted by Gasteiger charge is -2.17. The van der Waals surface area contributed by atoms with E-state index in [1.54, 1.807) is 42.5 Å². The number of alkyl halides is 3. The van der Waals surface area contributed by atoms with Crippen LogP contribution in [0, 0.1) is 10.8 Å². The van der Waals surface area contributed by atoms with E-state index < -0.39 is 17.5 Å². The van der Waals surface area contributed by atoms with Gasteiger partial charge in [-0.1, -0.05) is 24.3 Å². The Kier molecular flexibility index (Phi) is 4.27. The summed E-state index contributed by atoms with van der Waals surface area (Å²) >= 11 is 0. The molecule has 0 saturated carbocycles. The van der Waals surface area contributed by atoms with Gasteiger partial charge in [-0.05, 0) is 24.3 Å². The van der Waals surface area contributed by atoms with Crippen molar-refractivity contribution in [2.45, 2.75) is 6.18 Å². The topological polar surface area (TPSA) is 68.8 Å². The van der Waals surface area contributed by atoms with Gasteiger partial charge in [-0.3, -0.25) is 15.4 Å². The Bertz CT molecular complexity index is 1030. The van der Waals surface area contributed by atoms with Gasteiger partial charge in [-0.25, -0.2) is 4.98 Å². The van der Waals surface area contributed by atoms with E-state index >= 15 is 0 Å². The second-order valence-corrected chi connectivity index (χ2v) is 5.92. The number of aromatic nitrogens is 2. The van der Waals surface area contributed by atoms with Crippen LogP contribution in [0.1, 0.15) is 0 Å². The Morgan fingerprint density at radius 3 is 2.23 bits per heavy atom. The van der Waals surface area contributed by atoms with Gasteiger partial charge in [-0.2, -0.15) is 13.2 Å². The summed E-state index contributed by atoms with van der Waals surface area (Å²) in [7, 11) is 3.75. The molecule has 3 aromatic rings. The van der Waals surface area contributed by atoms with E-state index in [-0.39, 0.29) is 16.7 Å². The molecule has 0 aliphatic heterocycles. The molecule has 0 aliphatic rings. The zero-order chi connectivity index (χ0) is 19.1. The molecule has 26 heavy (non-hydrogen) atoms. The molecule has 2 aromatic carbocycles. The predicted octanol–water partition coefficient (Wildman–Crippen LogP) is 3.64. The van der Waals surface area contributed by atoms with Crippen LogP contribution in [0.15, 0.2) is 48.5 Å². The molecule has 0 bridgehead atoms. The highest BCUT2D eigenvalue weighted by Crippen LogP contribution is 2.23. The normalized spacial score (nSPS) is 11.6. The van der Waals surface area contributed by atoms with Crippen LogP contribution in [-0.2, 0) is 0 Å². The van der Waals surface area contributed by atoms with E-state index in [2.05, 4.69) is 4.98 Å². The van der Waals surface area contributed by atoms with Crippen LogP contribution in [0.5, 0.6) is 0 Å². The predicted molar refractivity (Wildman–Crippen MR) is 94.5 cm³/mol. The summed E-state index contributed by atoms with van der Waals surface area (Å²) in [6.07, 6.45) is -4.88. The number of fused-ring (bicyclic) bond motifs is 1. The van der Waals surface area contributed by atoms with E-state index in [0.717, 1.165) is 5.69 Å². The van der Waals surface area contributed by atoms with Crippen LogP contribution in [0.3, 0.4) is 0 Å². The summed E-state index contributed by atoms with van der Waals surface area (Å²) in [4.78, 5) is 6.25. The van der Waals surface area contributed by atoms with Crippen LogP contribution in [0.2, 0.25) is 0 Å². The van der Waals surface area contributed by atoms with E-state index in [1.807, 2.05) is 19.0 Å². The third kappa shape index (κ3) is 3.05. The van der Waals surface area contributed by atoms with Crippen molar-refractivity contribution in [3.63, 3.8) is 0 Å². The van der Waals surface area contributed by atoms with Crippen LogP contribution < -0.4 is 10.4 Å². The summed E-state index contributed by atoms with van der Waals surface area (Å²) in [5.41, 5.74) is 1.37. The molecule has 0 fully saturated rings. The van der Waals surface area contributed by atoms with Crippen LogP contribution >= 0.6 is 0 Å². The zero-order valence-electron chi connectivity index (χ0n) is 14.1. The lowest BCUT2D eigenvalue weighted by Crippen LogP contribution is -2.38. The van der Waals surface area contributed by atoms with Gasteiger partial charge in [0.25, 0.3) is 0 Å². The molecule has 2 N–H and O–H groups in total. The number of nitrogens with one attached hydrogen (secondary N) is 2. The largest absolute Gasteiger partial charge is 0.449 e. The first-order valence-electron chi connectivity index (χ1n) is 7.70. The second kappa shape index (κ2) is 6.29. The monoisotopic (exact) mass is 359 g/mol. The lowest BCUT2D eigenvalue weighted by atomic mass is 10.1. The minimum Gasteiger partial charge on any atom is -0.378 e. The van der Waals surface area contributed by atoms with Crippen molar-refractivity contribution in [1.29, 1.82) is 10.8 Å². The van der Waals surface area contributed by atoms with Crippen molar-refractivity contribution in [3.05, 3.63) is 54.0 Å². The number of anilines is 1. The Balaban J connectivity index is 2.29. The highest BCUT2D eigenvalue weighted by molar-refractivity contribution is 5.95. The van der Waals surface area contributed by atoms with Crippen molar-refractivity contribution in [3.8, 4) is 11.3 Å². The van der Waals surface area contributed by atoms with Gasteiger partial charge < -0.3 is 4.90 Å². The number of nitrogens with zero attached hydrogens (tertiary/aromatic N) is 3. The maximum absolute atomic E-state index is 13.2. The molecule has 3 rings (SSSR count). The molecular weight excluding hydrogens is 343 g/mol. The highest BCUT2D eigenvalue weighted by atomic mass is 19.4. The molecule has 0 saturated heterocycles. The quantitative estimate of drug-likeness (QED) is 0.542. The van der Waals surface area contributed by atoms with E-state index in [1.165, 1.54) is 6.07 Å². The average Bonchev–Trinajstić information content (AvgIpc) is 2.60. The Labute approximate surface area is 147 Å². The maximum atomic E-state index is 13.2. The molecule has 134 valence electrons. The minimum absolute atomic E-state index is 0.0634. The lowest BCUT2D eigenvalue weighted by molar-refractivity contribution is -0.0623. The van der Waals surface area contributed by atoms with Crippen molar-refractivity contribution < 1.29 is 13.2 Å². The van der Waals surface area contributed by atoms with Crippen LogP contribution in [0.25, 0.3) is 22.3 Å². The van der Waals surface area contributed by atoms with Crippen LogP contribution in [0.4, 0.5) is 18.9 Å². The van der Waals surface area contributed by atoms with Crippen LogP contribution in [-0.4, -0.2) is 35.7 Å². The molecule has 0 unspecified atom stereocenters. The third-order valence-electron chi connectivity index (χ3n) is 3.95. The highest BCUT2D eigenvalue weighted by Gasteiger charge is 2.37. The van der Waals surface area contributed by atoms with Crippen molar-refractivity contribution in [2.75, 3.05) is 19.0 Å². The summed E-state index contributed by atoms with van der Waals surface area (Å²) in [6, 6.07) is 13.2. The number of para-hydroxylation sites is 2. The van der Waals surface area contributed by atoms with Gasteiger partial charge in [0.05, 0.1) is 11.0 Å². The first-order valence-corrected chi connectivity index (χ1v) is 7.70. The summed E-state index contributed by atoms with van der Waals surface area (Å²) < 4.78 is 40.1. The van der Waals surface area contributed by atoms with Crippen molar-refractivity contribution in [1.82, 2.24) is 9.55 Å². The minimum atomic E-state index is -4.88. The first-order chi connectivity index (χ1) is 12.2. The number of rotatable bonds is 2. The molecule has 8 heteroatoms. The molecule has 1 heterocycles. The summed E-state index contributed by atoms with van der Waals surface area (Å²) in [5, 5.41) is 15.8. The molecule has 0 atom stereocenters. The average molecular weight is 359 g/mol. The Hall–Kier alpha value is -3.16. The van der Waals surface area contributed by atoms with Gasteiger partial charge in [0.1, 0.15) is 5.69 Å². The fourth-order valence-electron chi connectivity index (χ4n) is 2.63. The van der Waals surface area contributed by atoms with E-state index in [4.69, 9.17) is 10.8 Å². The first kappa shape index (κ1) is 17.7. The van der Waals surface area contributed by atoms with Gasteiger partial charge in [0.2, 0.25) is 5.84 Å². The number of hydrogen-bond acceptors (Lipinski definition) is 4. The Morgan fingerprint density at radius 2 is 1.65 bits per heavy atom. The van der Waals surface area contributed by atoms with E-state index in [0.29, 0.717) is 10.1 Å². The Morgan fingerprint density at radius 1 is 1.04 bits per heavy atom. The molecule has 0 radical (unpaired) electrons. The van der Waals surface area contributed by atoms with E-state index in [9.17, 15) is 13.2 Å². The number of benzene rings is 2. The molecule has 1 aromatic heterocycles. The second-order valence-electron chi connectivity index (χ2n) is 5.92. The van der Waals surface area contributed by atoms with Gasteiger partial charge in [0.15, 0.2) is 5.49 Å².